The van der Waals surface area contributed by atoms with E-state index in [0.29, 0.717) is 46.2 Å². The lowest BCUT2D eigenvalue weighted by atomic mass is 10.0. The van der Waals surface area contributed by atoms with Crippen LogP contribution in [0.4, 0.5) is 15.9 Å². The molecule has 3 aromatic carbocycles. The van der Waals surface area contributed by atoms with Gasteiger partial charge in [-0.2, -0.15) is 0 Å². The number of nitrogens with zero attached hydrogens (tertiary/aromatic N) is 5. The van der Waals surface area contributed by atoms with Gasteiger partial charge in [0.1, 0.15) is 17.3 Å². The Labute approximate surface area is 251 Å². The Hall–Kier alpha value is -5.42. The summed E-state index contributed by atoms with van der Waals surface area (Å²) < 4.78 is 22.3. The molecule has 0 radical (unpaired) electrons. The van der Waals surface area contributed by atoms with Gasteiger partial charge < -0.3 is 20.3 Å². The molecule has 0 aliphatic carbocycles. The summed E-state index contributed by atoms with van der Waals surface area (Å²) in [5, 5.41) is 10.3. The van der Waals surface area contributed by atoms with Gasteiger partial charge in [0.2, 0.25) is 6.17 Å². The first kappa shape index (κ1) is 26.2. The molecule has 8 rings (SSSR count). The van der Waals surface area contributed by atoms with Crippen molar-refractivity contribution in [3.63, 3.8) is 0 Å². The number of carbonyl (C=O) groups excluding carboxylic acids is 2. The number of halogens is 1. The number of anilines is 2. The van der Waals surface area contributed by atoms with E-state index in [1.165, 1.54) is 10.6 Å². The minimum absolute atomic E-state index is 0.00632. The normalized spacial score (nSPS) is 20.7. The van der Waals surface area contributed by atoms with E-state index >= 15 is 0 Å². The third kappa shape index (κ3) is 4.40. The van der Waals surface area contributed by atoms with Gasteiger partial charge >= 0.3 is 0 Å². The molecule has 0 unspecified atom stereocenters. The van der Waals surface area contributed by atoms with Crippen molar-refractivity contribution in [2.45, 2.75) is 24.7 Å². The molecule has 3 aliphatic heterocycles. The number of nitrogens with one attached hydrogen (secondary N) is 2. The lowest BCUT2D eigenvalue weighted by molar-refractivity contribution is -0.117. The molecule has 2 fully saturated rings. The molecule has 2 aromatic heterocycles. The minimum atomic E-state index is -1.37. The van der Waals surface area contributed by atoms with Crippen molar-refractivity contribution in [3.05, 3.63) is 114 Å². The lowest BCUT2D eigenvalue weighted by Gasteiger charge is -2.27. The monoisotopic (exact) mass is 587 g/mol. The lowest BCUT2D eigenvalue weighted by Crippen LogP contribution is -2.43. The number of aromatic nitrogens is 3. The molecule has 218 valence electrons. The van der Waals surface area contributed by atoms with Crippen LogP contribution in [-0.4, -0.2) is 63.6 Å². The van der Waals surface area contributed by atoms with Gasteiger partial charge in [-0.3, -0.25) is 9.59 Å². The number of para-hydroxylation sites is 1. The second kappa shape index (κ2) is 10.4. The summed E-state index contributed by atoms with van der Waals surface area (Å²) >= 11 is 0. The largest absolute Gasteiger partial charge is 0.374 e. The van der Waals surface area contributed by atoms with Crippen molar-refractivity contribution in [2.75, 3.05) is 23.4 Å². The van der Waals surface area contributed by atoms with E-state index in [1.807, 2.05) is 72.8 Å². The second-order valence-corrected chi connectivity index (χ2v) is 11.0. The molecule has 5 heterocycles. The maximum atomic E-state index is 15.0. The second-order valence-electron chi connectivity index (χ2n) is 11.0. The number of carbonyl (C=O) groups is 2. The molecule has 3 atom stereocenters. The number of rotatable bonds is 5. The number of ether oxygens (including phenoxy) is 1. The van der Waals surface area contributed by atoms with Crippen molar-refractivity contribution in [1.82, 2.24) is 19.9 Å². The summed E-state index contributed by atoms with van der Waals surface area (Å²) in [4.78, 5) is 39.3. The molecule has 11 heteroatoms. The zero-order valence-corrected chi connectivity index (χ0v) is 23.4. The number of hydrogen-bond donors (Lipinski definition) is 2. The highest BCUT2D eigenvalue weighted by Gasteiger charge is 2.40. The maximum absolute atomic E-state index is 15.0. The van der Waals surface area contributed by atoms with E-state index in [-0.39, 0.29) is 23.5 Å². The van der Waals surface area contributed by atoms with E-state index in [0.717, 1.165) is 13.0 Å². The molecule has 2 saturated heterocycles. The Balaban J connectivity index is 1.22. The fourth-order valence-corrected chi connectivity index (χ4v) is 6.17. The Morgan fingerprint density at radius 3 is 2.45 bits per heavy atom. The van der Waals surface area contributed by atoms with Crippen molar-refractivity contribution in [3.8, 4) is 11.3 Å². The van der Waals surface area contributed by atoms with Crippen LogP contribution in [0.2, 0.25) is 0 Å². The van der Waals surface area contributed by atoms with Crippen molar-refractivity contribution in [1.29, 1.82) is 0 Å². The van der Waals surface area contributed by atoms with Gasteiger partial charge in [0.25, 0.3) is 11.8 Å². The first-order valence-corrected chi connectivity index (χ1v) is 14.4. The third-order valence-electron chi connectivity index (χ3n) is 8.26. The zero-order valence-electron chi connectivity index (χ0n) is 23.4. The van der Waals surface area contributed by atoms with E-state index in [2.05, 4.69) is 20.5 Å². The summed E-state index contributed by atoms with van der Waals surface area (Å²) in [6.07, 6.45) is -0.260. The summed E-state index contributed by atoms with van der Waals surface area (Å²) in [5.74, 6) is -1.17. The number of fused-ring (bicyclic) bond motifs is 4. The predicted octanol–water partition coefficient (Wildman–Crippen LogP) is 4.06. The number of benzene rings is 3. The van der Waals surface area contributed by atoms with Crippen LogP contribution in [0, 0.1) is 5.82 Å². The number of aliphatic imine (C=N–C) groups is 1. The summed E-state index contributed by atoms with van der Waals surface area (Å²) in [5.41, 5.74) is 3.23. The Morgan fingerprint density at radius 1 is 0.955 bits per heavy atom. The third-order valence-corrected chi connectivity index (χ3v) is 8.26. The molecule has 44 heavy (non-hydrogen) atoms. The smallest absolute Gasteiger partial charge is 0.274 e. The van der Waals surface area contributed by atoms with Crippen LogP contribution in [-0.2, 0) is 9.53 Å². The minimum Gasteiger partial charge on any atom is -0.374 e. The fourth-order valence-electron chi connectivity index (χ4n) is 6.17. The number of amides is 2. The zero-order chi connectivity index (χ0) is 29.8. The Bertz CT molecular complexity index is 1960. The van der Waals surface area contributed by atoms with Gasteiger partial charge in [-0.15, -0.1) is 5.10 Å². The number of morpholine rings is 1. The molecule has 2 bridgehead atoms. The average molecular weight is 588 g/mol. The molecule has 3 aliphatic rings. The van der Waals surface area contributed by atoms with E-state index in [9.17, 15) is 14.0 Å². The van der Waals surface area contributed by atoms with Gasteiger partial charge in [-0.25, -0.2) is 18.9 Å². The molecule has 10 nitrogen and oxygen atoms in total. The Morgan fingerprint density at radius 2 is 1.73 bits per heavy atom. The van der Waals surface area contributed by atoms with Crippen LogP contribution < -0.4 is 15.5 Å². The summed E-state index contributed by atoms with van der Waals surface area (Å²) in [6.45, 7) is 1.36. The number of imidazole rings is 1. The molecule has 0 spiro atoms. The van der Waals surface area contributed by atoms with Crippen LogP contribution in [0.15, 0.2) is 96.0 Å². The highest BCUT2D eigenvalue weighted by Crippen LogP contribution is 2.33. The number of hydrogen-bond acceptors (Lipinski definition) is 7. The quantitative estimate of drug-likeness (QED) is 0.321. The molecular weight excluding hydrogens is 561 g/mol. The van der Waals surface area contributed by atoms with E-state index < -0.39 is 23.8 Å². The maximum Gasteiger partial charge on any atom is 0.274 e. The van der Waals surface area contributed by atoms with Gasteiger partial charge in [-0.1, -0.05) is 72.8 Å². The average Bonchev–Trinajstić information content (AvgIpc) is 3.77. The highest BCUT2D eigenvalue weighted by molar-refractivity contribution is 6.20. The molecule has 0 saturated carbocycles. The van der Waals surface area contributed by atoms with Gasteiger partial charge in [-0.05, 0) is 24.6 Å². The summed E-state index contributed by atoms with van der Waals surface area (Å²) in [6, 6.07) is 27.0. The van der Waals surface area contributed by atoms with E-state index in [1.54, 1.807) is 12.1 Å². The van der Waals surface area contributed by atoms with Gasteiger partial charge in [0.15, 0.2) is 11.3 Å². The van der Waals surface area contributed by atoms with E-state index in [4.69, 9.17) is 14.8 Å². The van der Waals surface area contributed by atoms with Crippen LogP contribution >= 0.6 is 0 Å². The standard InChI is InChI=1S/C33H26FN7O3/c34-24-13-7-12-23-27(19-8-3-1-4-9-19)36-31(33(43)37-29(23)24)38-32(42)30-28(20-10-5-2-6-11-20)35-25-14-15-26(39-41(25)30)40-17-22-16-21(40)18-44-22/h1-15,21-22,31H,16-18H2,(H,37,43)(H,38,42)/t21-,22-,31-/m1/s1. The van der Waals surface area contributed by atoms with Crippen molar-refractivity contribution < 1.29 is 18.7 Å². The number of benzodiazepines with no additional fused rings is 1. The highest BCUT2D eigenvalue weighted by atomic mass is 19.1. The van der Waals surface area contributed by atoms with Gasteiger partial charge in [0.05, 0.1) is 30.2 Å². The SMILES string of the molecule is O=C(N[C@H]1N=C(c2ccccc2)c2cccc(F)c2NC1=O)c1c(-c2ccccc2)nc2ccc(N3C[C@H]4C[C@@H]3CO4)nn12. The van der Waals surface area contributed by atoms with Gasteiger partial charge in [0, 0.05) is 23.2 Å². The molecular formula is C33H26FN7O3. The Kier molecular flexibility index (Phi) is 6.19. The van der Waals surface area contributed by atoms with Crippen LogP contribution in [0.25, 0.3) is 16.9 Å². The van der Waals surface area contributed by atoms with Crippen LogP contribution in [0.1, 0.15) is 28.0 Å². The first-order chi connectivity index (χ1) is 21.5. The molecule has 2 amide bonds. The van der Waals surface area contributed by atoms with Crippen LogP contribution in [0.3, 0.4) is 0 Å². The summed E-state index contributed by atoms with van der Waals surface area (Å²) in [7, 11) is 0. The topological polar surface area (TPSA) is 113 Å². The molecule has 2 N–H and O–H groups in total. The molecule has 5 aromatic rings. The van der Waals surface area contributed by atoms with Crippen molar-refractivity contribution >= 4 is 34.7 Å². The predicted molar refractivity (Wildman–Crippen MR) is 162 cm³/mol. The fraction of sp³-hybridized carbons (Fsp3) is 0.182. The van der Waals surface area contributed by atoms with Crippen LogP contribution in [0.5, 0.6) is 0 Å². The first-order valence-electron chi connectivity index (χ1n) is 14.4. The van der Waals surface area contributed by atoms with Crippen molar-refractivity contribution in [2.24, 2.45) is 4.99 Å².